The third-order valence-corrected chi connectivity index (χ3v) is 3.32. The Morgan fingerprint density at radius 1 is 1.56 bits per heavy atom. The van der Waals surface area contributed by atoms with E-state index in [4.69, 9.17) is 0 Å². The third kappa shape index (κ3) is 2.16. The predicted octanol–water partition coefficient (Wildman–Crippen LogP) is 0.643. The second-order valence-corrected chi connectivity index (χ2v) is 4.63. The Balaban J connectivity index is 2.31. The number of hydrogen-bond donors (Lipinski definition) is 2. The standard InChI is InChI=1S/C11H14N2O2S/c1-12-6-8(14)7-13-4-2-10-9(11(13)15)3-5-16-10/h2-5,8,12,14H,6-7H2,1H3. The zero-order chi connectivity index (χ0) is 11.5. The van der Waals surface area contributed by atoms with E-state index in [0.29, 0.717) is 13.1 Å². The van der Waals surface area contributed by atoms with E-state index in [2.05, 4.69) is 5.32 Å². The van der Waals surface area contributed by atoms with Crippen molar-refractivity contribution in [3.63, 3.8) is 0 Å². The van der Waals surface area contributed by atoms with E-state index in [1.807, 2.05) is 17.5 Å². The quantitative estimate of drug-likeness (QED) is 0.822. The lowest BCUT2D eigenvalue weighted by Gasteiger charge is -2.11. The minimum atomic E-state index is -0.543. The summed E-state index contributed by atoms with van der Waals surface area (Å²) >= 11 is 1.55. The van der Waals surface area contributed by atoms with Crippen LogP contribution < -0.4 is 10.9 Å². The molecule has 2 rings (SSSR count). The van der Waals surface area contributed by atoms with Crippen LogP contribution >= 0.6 is 11.3 Å². The molecule has 2 aromatic rings. The zero-order valence-corrected chi connectivity index (χ0v) is 9.83. The maximum absolute atomic E-state index is 12.0. The lowest BCUT2D eigenvalue weighted by molar-refractivity contribution is 0.153. The third-order valence-electron chi connectivity index (χ3n) is 2.44. The molecule has 0 aliphatic rings. The topological polar surface area (TPSA) is 54.3 Å². The van der Waals surface area contributed by atoms with Crippen molar-refractivity contribution in [2.24, 2.45) is 0 Å². The van der Waals surface area contributed by atoms with Gasteiger partial charge in [-0.2, -0.15) is 0 Å². The van der Waals surface area contributed by atoms with E-state index in [1.54, 1.807) is 29.1 Å². The van der Waals surface area contributed by atoms with E-state index >= 15 is 0 Å². The maximum atomic E-state index is 12.0. The number of aliphatic hydroxyl groups excluding tert-OH is 1. The first-order valence-electron chi connectivity index (χ1n) is 5.11. The highest BCUT2D eigenvalue weighted by molar-refractivity contribution is 7.17. The fourth-order valence-electron chi connectivity index (χ4n) is 1.68. The van der Waals surface area contributed by atoms with Crippen LogP contribution in [0.25, 0.3) is 10.1 Å². The average molecular weight is 238 g/mol. The molecule has 0 aliphatic carbocycles. The van der Waals surface area contributed by atoms with Gasteiger partial charge in [-0.25, -0.2) is 0 Å². The van der Waals surface area contributed by atoms with Gasteiger partial charge in [0.15, 0.2) is 0 Å². The van der Waals surface area contributed by atoms with E-state index < -0.39 is 6.10 Å². The van der Waals surface area contributed by atoms with Crippen LogP contribution in [0.15, 0.2) is 28.5 Å². The number of nitrogens with one attached hydrogen (secondary N) is 1. The molecule has 16 heavy (non-hydrogen) atoms. The monoisotopic (exact) mass is 238 g/mol. The fourth-order valence-corrected chi connectivity index (χ4v) is 2.45. The smallest absolute Gasteiger partial charge is 0.259 e. The molecule has 1 atom stereocenters. The first kappa shape index (κ1) is 11.3. The summed E-state index contributed by atoms with van der Waals surface area (Å²) in [6.45, 7) is 0.805. The van der Waals surface area contributed by atoms with Crippen molar-refractivity contribution in [1.82, 2.24) is 9.88 Å². The number of likely N-dealkylation sites (N-methyl/N-ethyl adjacent to an activating group) is 1. The number of hydrogen-bond acceptors (Lipinski definition) is 4. The van der Waals surface area contributed by atoms with Crippen LogP contribution in [-0.4, -0.2) is 29.4 Å². The van der Waals surface area contributed by atoms with Crippen molar-refractivity contribution in [2.45, 2.75) is 12.6 Å². The molecule has 1 unspecified atom stereocenters. The van der Waals surface area contributed by atoms with E-state index in [1.165, 1.54) is 0 Å². The highest BCUT2D eigenvalue weighted by Gasteiger charge is 2.07. The van der Waals surface area contributed by atoms with Crippen molar-refractivity contribution in [3.8, 4) is 0 Å². The summed E-state index contributed by atoms with van der Waals surface area (Å²) < 4.78 is 2.54. The molecular formula is C11H14N2O2S. The van der Waals surface area contributed by atoms with Crippen molar-refractivity contribution in [3.05, 3.63) is 34.1 Å². The molecular weight excluding hydrogens is 224 g/mol. The molecule has 0 bridgehead atoms. The number of fused-ring (bicyclic) bond motifs is 1. The molecule has 0 aromatic carbocycles. The van der Waals surface area contributed by atoms with Crippen molar-refractivity contribution >= 4 is 21.4 Å². The number of pyridine rings is 1. The Kier molecular flexibility index (Phi) is 3.38. The van der Waals surface area contributed by atoms with Crippen molar-refractivity contribution < 1.29 is 5.11 Å². The van der Waals surface area contributed by atoms with Gasteiger partial charge in [0.05, 0.1) is 18.0 Å². The Hall–Kier alpha value is -1.17. The van der Waals surface area contributed by atoms with Gasteiger partial charge in [-0.3, -0.25) is 4.79 Å². The number of aromatic nitrogens is 1. The van der Waals surface area contributed by atoms with Crippen LogP contribution in [0.1, 0.15) is 0 Å². The van der Waals surface area contributed by atoms with Crippen LogP contribution in [0.5, 0.6) is 0 Å². The highest BCUT2D eigenvalue weighted by atomic mass is 32.1. The fraction of sp³-hybridized carbons (Fsp3) is 0.364. The van der Waals surface area contributed by atoms with Gasteiger partial charge in [0.1, 0.15) is 0 Å². The molecule has 5 heteroatoms. The van der Waals surface area contributed by atoms with Crippen molar-refractivity contribution in [1.29, 1.82) is 0 Å². The summed E-state index contributed by atoms with van der Waals surface area (Å²) in [5.41, 5.74) is -0.0334. The summed E-state index contributed by atoms with van der Waals surface area (Å²) in [5.74, 6) is 0. The molecule has 0 saturated carbocycles. The van der Waals surface area contributed by atoms with Gasteiger partial charge in [0.2, 0.25) is 0 Å². The number of nitrogens with zero attached hydrogens (tertiary/aromatic N) is 1. The number of aliphatic hydroxyl groups is 1. The summed E-state index contributed by atoms with van der Waals surface area (Å²) in [6.07, 6.45) is 1.19. The van der Waals surface area contributed by atoms with Gasteiger partial charge >= 0.3 is 0 Å². The molecule has 0 aliphatic heterocycles. The molecule has 2 N–H and O–H groups in total. The largest absolute Gasteiger partial charge is 0.390 e. The highest BCUT2D eigenvalue weighted by Crippen LogP contribution is 2.16. The molecule has 0 spiro atoms. The van der Waals surface area contributed by atoms with Gasteiger partial charge in [-0.1, -0.05) is 0 Å². The van der Waals surface area contributed by atoms with Gasteiger partial charge in [-0.05, 0) is 24.6 Å². The molecule has 0 radical (unpaired) electrons. The van der Waals surface area contributed by atoms with E-state index in [9.17, 15) is 9.90 Å². The lowest BCUT2D eigenvalue weighted by atomic mass is 10.3. The summed E-state index contributed by atoms with van der Waals surface area (Å²) in [4.78, 5) is 12.0. The Morgan fingerprint density at radius 2 is 2.38 bits per heavy atom. The summed E-state index contributed by atoms with van der Waals surface area (Å²) in [6, 6.07) is 3.73. The van der Waals surface area contributed by atoms with Crippen LogP contribution in [-0.2, 0) is 6.54 Å². The molecule has 2 aromatic heterocycles. The van der Waals surface area contributed by atoms with Gasteiger partial charge in [0, 0.05) is 17.4 Å². The minimum Gasteiger partial charge on any atom is -0.390 e. The van der Waals surface area contributed by atoms with E-state index in [0.717, 1.165) is 10.1 Å². The molecule has 2 heterocycles. The first-order chi connectivity index (χ1) is 7.72. The van der Waals surface area contributed by atoms with Gasteiger partial charge in [-0.15, -0.1) is 11.3 Å². The summed E-state index contributed by atoms with van der Waals surface area (Å²) in [5, 5.41) is 15.1. The Labute approximate surface area is 97.1 Å². The zero-order valence-electron chi connectivity index (χ0n) is 9.01. The molecule has 0 amide bonds. The second kappa shape index (κ2) is 4.78. The minimum absolute atomic E-state index is 0.0334. The summed E-state index contributed by atoms with van der Waals surface area (Å²) in [7, 11) is 1.77. The molecule has 86 valence electrons. The van der Waals surface area contributed by atoms with E-state index in [-0.39, 0.29) is 5.56 Å². The molecule has 0 saturated heterocycles. The number of rotatable bonds is 4. The van der Waals surface area contributed by atoms with Crippen LogP contribution in [0.2, 0.25) is 0 Å². The Bertz CT molecular complexity index is 532. The average Bonchev–Trinajstić information content (AvgIpc) is 2.71. The SMILES string of the molecule is CNCC(O)Cn1ccc2sccc2c1=O. The van der Waals surface area contributed by atoms with Crippen LogP contribution in [0.3, 0.4) is 0 Å². The Morgan fingerprint density at radius 3 is 3.12 bits per heavy atom. The first-order valence-corrected chi connectivity index (χ1v) is 5.99. The second-order valence-electron chi connectivity index (χ2n) is 3.68. The van der Waals surface area contributed by atoms with Crippen LogP contribution in [0.4, 0.5) is 0 Å². The van der Waals surface area contributed by atoms with Gasteiger partial charge < -0.3 is 15.0 Å². The van der Waals surface area contributed by atoms with Crippen LogP contribution in [0, 0.1) is 0 Å². The maximum Gasteiger partial charge on any atom is 0.259 e. The lowest BCUT2D eigenvalue weighted by Crippen LogP contribution is -2.32. The number of thiophene rings is 1. The van der Waals surface area contributed by atoms with Gasteiger partial charge in [0.25, 0.3) is 5.56 Å². The molecule has 4 nitrogen and oxygen atoms in total. The van der Waals surface area contributed by atoms with Crippen molar-refractivity contribution in [2.75, 3.05) is 13.6 Å². The predicted molar refractivity (Wildman–Crippen MR) is 66.0 cm³/mol. The normalized spacial score (nSPS) is 13.1. The molecule has 0 fully saturated rings.